The van der Waals surface area contributed by atoms with Crippen LogP contribution in [0.25, 0.3) is 11.0 Å². The summed E-state index contributed by atoms with van der Waals surface area (Å²) in [5.41, 5.74) is 2.29. The summed E-state index contributed by atoms with van der Waals surface area (Å²) in [4.78, 5) is 36.2. The topological polar surface area (TPSA) is 87.3 Å². The Morgan fingerprint density at radius 1 is 1.35 bits per heavy atom. The number of hydrogen-bond donors (Lipinski definition) is 2. The number of hydrogen-bond acceptors (Lipinski definition) is 5. The standard InChI is InChI=1S/C25H28F2N4O3/c1-5-6-18(25(33)28-4)7-8-20(15(2)26)19-9-10-31(34-14-19)13-17-11-21(27)23-22(12-17)30-24(32)16(3)29-23/h6-9,11-12H,5,10,13-14H2,1-4H3,(H,28,33)(H,30,32)/b8-7-,18-6-,20-15-. The third kappa shape index (κ3) is 5.92. The van der Waals surface area contributed by atoms with Gasteiger partial charge in [-0.05, 0) is 49.6 Å². The number of aromatic amines is 1. The number of fused-ring (bicyclic) bond motifs is 1. The van der Waals surface area contributed by atoms with Gasteiger partial charge in [-0.1, -0.05) is 25.2 Å². The number of nitrogens with one attached hydrogen (secondary N) is 2. The van der Waals surface area contributed by atoms with Crippen LogP contribution in [-0.4, -0.2) is 41.1 Å². The molecule has 7 nitrogen and oxygen atoms in total. The van der Waals surface area contributed by atoms with E-state index in [1.807, 2.05) is 13.0 Å². The zero-order chi connectivity index (χ0) is 24.8. The fraction of sp³-hybridized carbons (Fsp3) is 0.320. The molecular weight excluding hydrogens is 442 g/mol. The zero-order valence-electron chi connectivity index (χ0n) is 19.7. The van der Waals surface area contributed by atoms with Crippen LogP contribution in [0, 0.1) is 12.7 Å². The van der Waals surface area contributed by atoms with E-state index in [4.69, 9.17) is 4.84 Å². The average molecular weight is 471 g/mol. The third-order valence-electron chi connectivity index (χ3n) is 5.34. The van der Waals surface area contributed by atoms with Gasteiger partial charge in [0.15, 0.2) is 5.82 Å². The van der Waals surface area contributed by atoms with E-state index < -0.39 is 11.6 Å². The summed E-state index contributed by atoms with van der Waals surface area (Å²) < 4.78 is 28.8. The van der Waals surface area contributed by atoms with Gasteiger partial charge in [0.25, 0.3) is 11.5 Å². The molecule has 9 heteroatoms. The number of amides is 1. The monoisotopic (exact) mass is 470 g/mol. The number of rotatable bonds is 7. The highest BCUT2D eigenvalue weighted by Gasteiger charge is 2.18. The SMILES string of the molecule is CC/C=C(/C=C\C(C1=CCN(Cc2cc(F)c3nc(C)c(=O)[nH]c3c2)OC1)=C(/C)F)C(=O)NC. The minimum absolute atomic E-state index is 0.107. The third-order valence-corrected chi connectivity index (χ3v) is 5.34. The number of carbonyl (C=O) groups excluding carboxylic acids is 1. The molecule has 1 aromatic heterocycles. The number of hydroxylamine groups is 2. The second kappa shape index (κ2) is 11.1. The number of benzene rings is 1. The number of aryl methyl sites for hydroxylation is 1. The van der Waals surface area contributed by atoms with Gasteiger partial charge < -0.3 is 10.3 Å². The first-order valence-electron chi connectivity index (χ1n) is 11.0. The summed E-state index contributed by atoms with van der Waals surface area (Å²) >= 11 is 0. The van der Waals surface area contributed by atoms with Crippen LogP contribution in [0.3, 0.4) is 0 Å². The molecule has 1 aliphatic heterocycles. The van der Waals surface area contributed by atoms with E-state index >= 15 is 0 Å². The molecule has 180 valence electrons. The molecule has 0 radical (unpaired) electrons. The lowest BCUT2D eigenvalue weighted by atomic mass is 10.0. The molecule has 2 N–H and O–H groups in total. The molecule has 0 atom stereocenters. The first-order valence-corrected chi connectivity index (χ1v) is 11.0. The summed E-state index contributed by atoms with van der Waals surface area (Å²) in [5, 5.41) is 4.18. The minimum atomic E-state index is -0.532. The van der Waals surface area contributed by atoms with Crippen LogP contribution in [-0.2, 0) is 16.2 Å². The maximum absolute atomic E-state index is 14.5. The molecule has 0 bridgehead atoms. The van der Waals surface area contributed by atoms with Crippen LogP contribution in [0.1, 0.15) is 31.5 Å². The Labute approximate surface area is 196 Å². The molecule has 0 saturated carbocycles. The number of likely N-dealkylation sites (N-methyl/N-ethyl adjacent to an activating group) is 1. The van der Waals surface area contributed by atoms with Gasteiger partial charge in [0, 0.05) is 31.3 Å². The molecule has 2 aromatic rings. The largest absolute Gasteiger partial charge is 0.355 e. The smallest absolute Gasteiger partial charge is 0.269 e. The molecule has 0 unspecified atom stereocenters. The van der Waals surface area contributed by atoms with Crippen molar-refractivity contribution in [1.82, 2.24) is 20.3 Å². The van der Waals surface area contributed by atoms with Gasteiger partial charge >= 0.3 is 0 Å². The van der Waals surface area contributed by atoms with Gasteiger partial charge in [0.1, 0.15) is 17.0 Å². The fourth-order valence-corrected chi connectivity index (χ4v) is 3.59. The Bertz CT molecular complexity index is 1270. The molecule has 0 fully saturated rings. The number of halogens is 2. The van der Waals surface area contributed by atoms with Crippen molar-refractivity contribution >= 4 is 16.9 Å². The van der Waals surface area contributed by atoms with Gasteiger partial charge in [-0.3, -0.25) is 14.4 Å². The molecule has 3 rings (SSSR count). The van der Waals surface area contributed by atoms with Crippen molar-refractivity contribution in [1.29, 1.82) is 0 Å². The van der Waals surface area contributed by atoms with E-state index in [1.54, 1.807) is 36.4 Å². The normalized spacial score (nSPS) is 16.1. The molecule has 0 saturated heterocycles. The molecular formula is C25H28F2N4O3. The van der Waals surface area contributed by atoms with Crippen LogP contribution in [0.15, 0.2) is 63.8 Å². The fourth-order valence-electron chi connectivity index (χ4n) is 3.59. The summed E-state index contributed by atoms with van der Waals surface area (Å²) in [5.74, 6) is -1.17. The van der Waals surface area contributed by atoms with Gasteiger partial charge in [0.05, 0.1) is 12.1 Å². The molecule has 1 aliphatic rings. The lowest BCUT2D eigenvalue weighted by molar-refractivity contribution is -0.156. The van der Waals surface area contributed by atoms with Crippen molar-refractivity contribution in [2.45, 2.75) is 33.7 Å². The van der Waals surface area contributed by atoms with Crippen molar-refractivity contribution < 1.29 is 18.4 Å². The Morgan fingerprint density at radius 3 is 2.74 bits per heavy atom. The van der Waals surface area contributed by atoms with Crippen molar-refractivity contribution in [2.75, 3.05) is 20.2 Å². The average Bonchev–Trinajstić information content (AvgIpc) is 2.80. The predicted molar refractivity (Wildman–Crippen MR) is 127 cm³/mol. The van der Waals surface area contributed by atoms with Gasteiger partial charge in [0.2, 0.25) is 0 Å². The van der Waals surface area contributed by atoms with Crippen LogP contribution in [0.4, 0.5) is 8.78 Å². The number of nitrogens with zero attached hydrogens (tertiary/aromatic N) is 2. The number of allylic oxidation sites excluding steroid dienone is 3. The lowest BCUT2D eigenvalue weighted by Gasteiger charge is -2.26. The summed E-state index contributed by atoms with van der Waals surface area (Å²) in [6.07, 6.45) is 7.42. The highest BCUT2D eigenvalue weighted by atomic mass is 19.1. The zero-order valence-corrected chi connectivity index (χ0v) is 19.7. The molecule has 34 heavy (non-hydrogen) atoms. The number of H-pyrrole nitrogens is 1. The maximum atomic E-state index is 14.5. The van der Waals surface area contributed by atoms with E-state index in [1.165, 1.54) is 19.9 Å². The summed E-state index contributed by atoms with van der Waals surface area (Å²) in [6.45, 7) is 5.50. The molecule has 2 heterocycles. The first kappa shape index (κ1) is 25.2. The van der Waals surface area contributed by atoms with E-state index in [2.05, 4.69) is 15.3 Å². The van der Waals surface area contributed by atoms with Gasteiger partial charge in [-0.15, -0.1) is 0 Å². The van der Waals surface area contributed by atoms with Crippen molar-refractivity contribution in [2.24, 2.45) is 0 Å². The Morgan fingerprint density at radius 2 is 2.12 bits per heavy atom. The summed E-state index contributed by atoms with van der Waals surface area (Å²) in [7, 11) is 1.54. The number of carbonyl (C=O) groups is 1. The van der Waals surface area contributed by atoms with E-state index in [-0.39, 0.29) is 35.8 Å². The van der Waals surface area contributed by atoms with Gasteiger partial charge in [-0.25, -0.2) is 13.8 Å². The highest BCUT2D eigenvalue weighted by molar-refractivity contribution is 5.96. The van der Waals surface area contributed by atoms with Crippen molar-refractivity contribution in [3.05, 3.63) is 86.4 Å². The van der Waals surface area contributed by atoms with Crippen LogP contribution >= 0.6 is 0 Å². The lowest BCUT2D eigenvalue weighted by Crippen LogP contribution is -2.29. The Hall–Kier alpha value is -3.43. The van der Waals surface area contributed by atoms with Crippen LogP contribution < -0.4 is 10.9 Å². The minimum Gasteiger partial charge on any atom is -0.355 e. The molecule has 1 aromatic carbocycles. The Kier molecular flexibility index (Phi) is 8.25. The second-order valence-corrected chi connectivity index (χ2v) is 7.88. The highest BCUT2D eigenvalue weighted by Crippen LogP contribution is 2.24. The maximum Gasteiger partial charge on any atom is 0.269 e. The predicted octanol–water partition coefficient (Wildman–Crippen LogP) is 3.93. The quantitative estimate of drug-likeness (QED) is 0.473. The van der Waals surface area contributed by atoms with E-state index in [0.717, 1.165) is 0 Å². The summed E-state index contributed by atoms with van der Waals surface area (Å²) in [6, 6.07) is 3.02. The Balaban J connectivity index is 1.76. The molecule has 1 amide bonds. The molecule has 0 aliphatic carbocycles. The van der Waals surface area contributed by atoms with Gasteiger partial charge in [-0.2, -0.15) is 5.06 Å². The van der Waals surface area contributed by atoms with Crippen LogP contribution in [0.5, 0.6) is 0 Å². The van der Waals surface area contributed by atoms with Crippen LogP contribution in [0.2, 0.25) is 0 Å². The van der Waals surface area contributed by atoms with Crippen molar-refractivity contribution in [3.8, 4) is 0 Å². The van der Waals surface area contributed by atoms with Crippen molar-refractivity contribution in [3.63, 3.8) is 0 Å². The second-order valence-electron chi connectivity index (χ2n) is 7.88. The van der Waals surface area contributed by atoms with E-state index in [9.17, 15) is 18.4 Å². The number of aromatic nitrogens is 2. The first-order chi connectivity index (χ1) is 16.2. The molecule has 0 spiro atoms. The van der Waals surface area contributed by atoms with E-state index in [0.29, 0.717) is 40.8 Å².